The smallest absolute Gasteiger partial charge is 0.220 e. The average molecular weight is 338 g/mol. The van der Waals surface area contributed by atoms with Gasteiger partial charge in [-0.2, -0.15) is 0 Å². The minimum absolute atomic E-state index is 0.0492. The summed E-state index contributed by atoms with van der Waals surface area (Å²) in [4.78, 5) is 14.2. The maximum atomic E-state index is 13.0. The molecule has 134 valence electrons. The monoisotopic (exact) mass is 338 g/mol. The molecule has 0 aliphatic carbocycles. The maximum absolute atomic E-state index is 13.0. The number of hydrogen-bond donors (Lipinski definition) is 1. The van der Waals surface area contributed by atoms with Gasteiger partial charge in [-0.1, -0.05) is 6.07 Å². The highest BCUT2D eigenvalue weighted by Gasteiger charge is 2.22. The summed E-state index contributed by atoms with van der Waals surface area (Å²) in [6.07, 6.45) is 2.16. The Labute approximate surface area is 143 Å². The van der Waals surface area contributed by atoms with Crippen molar-refractivity contribution in [1.29, 1.82) is 0 Å². The van der Waals surface area contributed by atoms with Crippen LogP contribution in [0.2, 0.25) is 0 Å². The van der Waals surface area contributed by atoms with Gasteiger partial charge in [-0.3, -0.25) is 4.79 Å². The van der Waals surface area contributed by atoms with Crippen molar-refractivity contribution in [3.63, 3.8) is 0 Å². The van der Waals surface area contributed by atoms with Crippen molar-refractivity contribution < 1.29 is 18.7 Å². The molecule has 0 spiro atoms. The number of carbonyl (C=O) groups is 1. The molecule has 1 N–H and O–H groups in total. The predicted octanol–water partition coefficient (Wildman–Crippen LogP) is 2.07. The standard InChI is InChI=1S/C18H27FN2O3/c1-23-11-9-21-8-7-15(14-21)13-20-18(22)6-3-10-24-17-5-2-4-16(19)12-17/h2,4-5,12,15H,3,6-11,13-14H2,1H3,(H,20,22). The summed E-state index contributed by atoms with van der Waals surface area (Å²) in [5.41, 5.74) is 0. The second-order valence-electron chi connectivity index (χ2n) is 6.16. The van der Waals surface area contributed by atoms with E-state index >= 15 is 0 Å². The van der Waals surface area contributed by atoms with E-state index in [0.717, 1.165) is 39.2 Å². The van der Waals surface area contributed by atoms with Crippen LogP contribution in [-0.2, 0) is 9.53 Å². The van der Waals surface area contributed by atoms with Gasteiger partial charge in [0.25, 0.3) is 0 Å². The van der Waals surface area contributed by atoms with Crippen LogP contribution in [0.4, 0.5) is 4.39 Å². The summed E-state index contributed by atoms with van der Waals surface area (Å²) >= 11 is 0. The zero-order valence-electron chi connectivity index (χ0n) is 14.3. The lowest BCUT2D eigenvalue weighted by molar-refractivity contribution is -0.121. The Morgan fingerprint density at radius 3 is 3.08 bits per heavy atom. The molecule has 1 heterocycles. The Hall–Kier alpha value is -1.66. The zero-order chi connectivity index (χ0) is 17.2. The molecule has 24 heavy (non-hydrogen) atoms. The molecule has 0 saturated carbocycles. The van der Waals surface area contributed by atoms with E-state index in [1.165, 1.54) is 12.1 Å². The minimum Gasteiger partial charge on any atom is -0.493 e. The van der Waals surface area contributed by atoms with E-state index in [2.05, 4.69) is 10.2 Å². The summed E-state index contributed by atoms with van der Waals surface area (Å²) in [5.74, 6) is 0.751. The lowest BCUT2D eigenvalue weighted by atomic mass is 10.1. The first-order valence-electron chi connectivity index (χ1n) is 8.53. The Morgan fingerprint density at radius 2 is 2.29 bits per heavy atom. The molecule has 1 aliphatic heterocycles. The SMILES string of the molecule is COCCN1CCC(CNC(=O)CCCOc2cccc(F)c2)C1. The third kappa shape index (κ3) is 6.84. The number of benzene rings is 1. The lowest BCUT2D eigenvalue weighted by Gasteiger charge is -2.15. The molecule has 0 bridgehead atoms. The van der Waals surface area contributed by atoms with Crippen LogP contribution in [0.5, 0.6) is 5.75 Å². The molecule has 1 amide bonds. The van der Waals surface area contributed by atoms with E-state index in [4.69, 9.17) is 9.47 Å². The van der Waals surface area contributed by atoms with Crippen molar-refractivity contribution in [1.82, 2.24) is 10.2 Å². The van der Waals surface area contributed by atoms with Crippen molar-refractivity contribution in [3.8, 4) is 5.75 Å². The van der Waals surface area contributed by atoms with Crippen molar-refractivity contribution in [2.45, 2.75) is 19.3 Å². The summed E-state index contributed by atoms with van der Waals surface area (Å²) in [6.45, 7) is 4.94. The summed E-state index contributed by atoms with van der Waals surface area (Å²) < 4.78 is 23.5. The minimum atomic E-state index is -0.318. The molecular weight excluding hydrogens is 311 g/mol. The van der Waals surface area contributed by atoms with Gasteiger partial charge in [0.2, 0.25) is 5.91 Å². The Morgan fingerprint density at radius 1 is 1.42 bits per heavy atom. The lowest BCUT2D eigenvalue weighted by Crippen LogP contribution is -2.31. The third-order valence-electron chi connectivity index (χ3n) is 4.18. The first kappa shape index (κ1) is 18.7. The second kappa shape index (κ2) is 10.3. The van der Waals surface area contributed by atoms with Gasteiger partial charge >= 0.3 is 0 Å². The molecule has 1 atom stereocenters. The molecular formula is C18H27FN2O3. The number of methoxy groups -OCH3 is 1. The molecule has 1 fully saturated rings. The van der Waals surface area contributed by atoms with Gasteiger partial charge in [-0.05, 0) is 37.4 Å². The van der Waals surface area contributed by atoms with Crippen LogP contribution >= 0.6 is 0 Å². The average Bonchev–Trinajstić information content (AvgIpc) is 3.03. The third-order valence-corrected chi connectivity index (χ3v) is 4.18. The van der Waals surface area contributed by atoms with Crippen molar-refractivity contribution in [2.75, 3.05) is 46.5 Å². The highest BCUT2D eigenvalue weighted by molar-refractivity contribution is 5.75. The maximum Gasteiger partial charge on any atom is 0.220 e. The number of amides is 1. The van der Waals surface area contributed by atoms with Crippen LogP contribution in [0.3, 0.4) is 0 Å². The van der Waals surface area contributed by atoms with Gasteiger partial charge in [0, 0.05) is 39.2 Å². The summed E-state index contributed by atoms with van der Waals surface area (Å²) in [5, 5.41) is 3.00. The van der Waals surface area contributed by atoms with Crippen molar-refractivity contribution in [3.05, 3.63) is 30.1 Å². The quantitative estimate of drug-likeness (QED) is 0.664. The van der Waals surface area contributed by atoms with Gasteiger partial charge in [0.15, 0.2) is 0 Å². The van der Waals surface area contributed by atoms with Gasteiger partial charge in [0.05, 0.1) is 13.2 Å². The molecule has 1 aliphatic rings. The normalized spacial score (nSPS) is 17.8. The molecule has 5 nitrogen and oxygen atoms in total. The number of hydrogen-bond acceptors (Lipinski definition) is 4. The molecule has 6 heteroatoms. The number of halogens is 1. The largest absolute Gasteiger partial charge is 0.493 e. The van der Waals surface area contributed by atoms with Gasteiger partial charge < -0.3 is 19.7 Å². The number of nitrogens with one attached hydrogen (secondary N) is 1. The fourth-order valence-corrected chi connectivity index (χ4v) is 2.83. The van der Waals surface area contributed by atoms with Crippen LogP contribution in [0.15, 0.2) is 24.3 Å². The molecule has 1 unspecified atom stereocenters. The summed E-state index contributed by atoms with van der Waals surface area (Å²) in [7, 11) is 1.71. The van der Waals surface area contributed by atoms with E-state index in [1.54, 1.807) is 19.2 Å². The number of nitrogens with zero attached hydrogens (tertiary/aromatic N) is 1. The van der Waals surface area contributed by atoms with Crippen LogP contribution in [0.1, 0.15) is 19.3 Å². The van der Waals surface area contributed by atoms with Gasteiger partial charge in [-0.25, -0.2) is 4.39 Å². The van der Waals surface area contributed by atoms with E-state index in [1.807, 2.05) is 0 Å². The van der Waals surface area contributed by atoms with E-state index in [9.17, 15) is 9.18 Å². The number of rotatable bonds is 10. The highest BCUT2D eigenvalue weighted by atomic mass is 19.1. The molecule has 0 radical (unpaired) electrons. The fourth-order valence-electron chi connectivity index (χ4n) is 2.83. The number of likely N-dealkylation sites (tertiary alicyclic amines) is 1. The van der Waals surface area contributed by atoms with E-state index in [0.29, 0.717) is 31.1 Å². The molecule has 1 aromatic carbocycles. The predicted molar refractivity (Wildman–Crippen MR) is 90.6 cm³/mol. The number of carbonyl (C=O) groups excluding carboxylic acids is 1. The summed E-state index contributed by atoms with van der Waals surface area (Å²) in [6, 6.07) is 6.03. The van der Waals surface area contributed by atoms with Crippen LogP contribution < -0.4 is 10.1 Å². The van der Waals surface area contributed by atoms with Crippen LogP contribution in [-0.4, -0.2) is 57.3 Å². The van der Waals surface area contributed by atoms with Crippen molar-refractivity contribution in [2.24, 2.45) is 5.92 Å². The highest BCUT2D eigenvalue weighted by Crippen LogP contribution is 2.15. The Bertz CT molecular complexity index is 513. The molecule has 1 saturated heterocycles. The fraction of sp³-hybridized carbons (Fsp3) is 0.611. The number of ether oxygens (including phenoxy) is 2. The Kier molecular flexibility index (Phi) is 7.98. The molecule has 2 rings (SSSR count). The topological polar surface area (TPSA) is 50.8 Å². The van der Waals surface area contributed by atoms with Crippen LogP contribution in [0, 0.1) is 11.7 Å². The van der Waals surface area contributed by atoms with Crippen molar-refractivity contribution >= 4 is 5.91 Å². The second-order valence-corrected chi connectivity index (χ2v) is 6.16. The van der Waals surface area contributed by atoms with Gasteiger partial charge in [-0.15, -0.1) is 0 Å². The Balaban J connectivity index is 1.52. The van der Waals surface area contributed by atoms with E-state index in [-0.39, 0.29) is 11.7 Å². The molecule has 0 aromatic heterocycles. The van der Waals surface area contributed by atoms with Crippen LogP contribution in [0.25, 0.3) is 0 Å². The van der Waals surface area contributed by atoms with Gasteiger partial charge in [0.1, 0.15) is 11.6 Å². The first-order valence-corrected chi connectivity index (χ1v) is 8.53. The van der Waals surface area contributed by atoms with E-state index < -0.39 is 0 Å². The first-order chi connectivity index (χ1) is 11.7. The zero-order valence-corrected chi connectivity index (χ0v) is 14.3. The molecule has 1 aromatic rings.